The van der Waals surface area contributed by atoms with E-state index in [1.165, 1.54) is 23.6 Å². The van der Waals surface area contributed by atoms with E-state index in [2.05, 4.69) is 36.6 Å². The summed E-state index contributed by atoms with van der Waals surface area (Å²) >= 11 is 1.32. The van der Waals surface area contributed by atoms with Crippen LogP contribution in [0, 0.1) is 11.6 Å². The fourth-order valence-corrected chi connectivity index (χ4v) is 3.85. The number of carbonyl (C=O) groups is 2. The molecule has 0 bridgehead atoms. The highest BCUT2D eigenvalue weighted by molar-refractivity contribution is 7.15. The van der Waals surface area contributed by atoms with Crippen molar-refractivity contribution >= 4 is 39.8 Å². The summed E-state index contributed by atoms with van der Waals surface area (Å²) in [5, 5.41) is 14.9. The van der Waals surface area contributed by atoms with Crippen LogP contribution in [0.1, 0.15) is 38.4 Å². The normalized spacial score (nSPS) is 12.8. The first-order valence-corrected chi connectivity index (χ1v) is 11.9. The van der Waals surface area contributed by atoms with Crippen molar-refractivity contribution in [3.05, 3.63) is 64.3 Å². The van der Waals surface area contributed by atoms with Gasteiger partial charge in [-0.3, -0.25) is 9.59 Å². The van der Waals surface area contributed by atoms with E-state index in [0.717, 1.165) is 17.7 Å². The molecular weight excluding hydrogens is 476 g/mol. The van der Waals surface area contributed by atoms with Crippen LogP contribution in [0.3, 0.4) is 0 Å². The van der Waals surface area contributed by atoms with E-state index in [1.807, 2.05) is 7.05 Å². The van der Waals surface area contributed by atoms with Crippen molar-refractivity contribution < 1.29 is 18.4 Å². The Hall–Kier alpha value is -3.64. The molecule has 0 aliphatic heterocycles. The average molecular weight is 502 g/mol. The lowest BCUT2D eigenvalue weighted by Crippen LogP contribution is -2.30. The molecule has 0 saturated heterocycles. The third-order valence-corrected chi connectivity index (χ3v) is 6.05. The molecule has 9 nitrogen and oxygen atoms in total. The summed E-state index contributed by atoms with van der Waals surface area (Å²) in [6.45, 7) is 1.41. The Morgan fingerprint density at radius 3 is 2.60 bits per heavy atom. The lowest BCUT2D eigenvalue weighted by molar-refractivity contribution is 0.0941. The second-order valence-corrected chi connectivity index (χ2v) is 9.08. The van der Waals surface area contributed by atoms with E-state index in [1.54, 1.807) is 18.3 Å². The first kappa shape index (κ1) is 24.5. The summed E-state index contributed by atoms with van der Waals surface area (Å²) in [5.74, 6) is -1.92. The smallest absolute Gasteiger partial charge is 0.254 e. The number of aromatic nitrogens is 2. The Labute approximate surface area is 204 Å². The number of nitrogens with one attached hydrogen (secondary N) is 5. The van der Waals surface area contributed by atoms with E-state index in [0.29, 0.717) is 35.7 Å². The summed E-state index contributed by atoms with van der Waals surface area (Å²) in [5.41, 5.74) is 0.278. The minimum atomic E-state index is -0.899. The predicted octanol–water partition coefficient (Wildman–Crippen LogP) is 3.01. The van der Waals surface area contributed by atoms with Crippen molar-refractivity contribution in [2.75, 3.05) is 30.8 Å². The number of anilines is 3. The molecule has 5 N–H and O–H groups in total. The van der Waals surface area contributed by atoms with Gasteiger partial charge in [0.1, 0.15) is 17.5 Å². The third kappa shape index (κ3) is 6.70. The standard InChI is InChI=1S/C23H25F2N7O2S/c1-26-6-7-27-21(33)13-2-5-20(29-10-13)32-23-30-12-15(35-23)11-28-19-8-16(17(24)9-18(19)25)22(34)31-14-3-4-14/h2,5,8-10,12,14,26,28H,3-4,6-7,11H2,1H3,(H,27,33)(H,31,34)(H,29,30,32). The zero-order valence-corrected chi connectivity index (χ0v) is 19.8. The minimum Gasteiger partial charge on any atom is -0.378 e. The highest BCUT2D eigenvalue weighted by Gasteiger charge is 2.25. The lowest BCUT2D eigenvalue weighted by Gasteiger charge is -2.10. The van der Waals surface area contributed by atoms with Gasteiger partial charge in [0, 0.05) is 42.5 Å². The number of rotatable bonds is 11. The molecular formula is C23H25F2N7O2S. The van der Waals surface area contributed by atoms with Gasteiger partial charge in [-0.15, -0.1) is 0 Å². The van der Waals surface area contributed by atoms with Gasteiger partial charge in [0.25, 0.3) is 11.8 Å². The highest BCUT2D eigenvalue weighted by atomic mass is 32.1. The van der Waals surface area contributed by atoms with Crippen LogP contribution in [0.5, 0.6) is 0 Å². The highest BCUT2D eigenvalue weighted by Crippen LogP contribution is 2.25. The Morgan fingerprint density at radius 2 is 1.89 bits per heavy atom. The van der Waals surface area contributed by atoms with Crippen LogP contribution in [-0.4, -0.2) is 48.0 Å². The molecule has 2 heterocycles. The van der Waals surface area contributed by atoms with Gasteiger partial charge in [-0.1, -0.05) is 11.3 Å². The van der Waals surface area contributed by atoms with Crippen LogP contribution in [0.4, 0.5) is 25.4 Å². The fraction of sp³-hybridized carbons (Fsp3) is 0.304. The maximum absolute atomic E-state index is 14.2. The topological polar surface area (TPSA) is 120 Å². The van der Waals surface area contributed by atoms with E-state index < -0.39 is 17.5 Å². The molecule has 0 atom stereocenters. The summed E-state index contributed by atoms with van der Waals surface area (Å²) in [6.07, 6.45) is 4.83. The van der Waals surface area contributed by atoms with Crippen LogP contribution in [0.25, 0.3) is 0 Å². The quantitative estimate of drug-likeness (QED) is 0.256. The van der Waals surface area contributed by atoms with Crippen LogP contribution in [-0.2, 0) is 6.54 Å². The fourth-order valence-electron chi connectivity index (χ4n) is 3.09. The predicted molar refractivity (Wildman–Crippen MR) is 130 cm³/mol. The molecule has 4 rings (SSSR count). The second kappa shape index (κ2) is 11.2. The van der Waals surface area contributed by atoms with Gasteiger partial charge in [-0.05, 0) is 38.1 Å². The summed E-state index contributed by atoms with van der Waals surface area (Å²) in [6, 6.07) is 5.30. The molecule has 0 radical (unpaired) electrons. The van der Waals surface area contributed by atoms with Crippen molar-refractivity contribution in [2.45, 2.75) is 25.4 Å². The molecule has 2 aromatic heterocycles. The van der Waals surface area contributed by atoms with Gasteiger partial charge in [-0.2, -0.15) is 0 Å². The molecule has 1 aliphatic carbocycles. The van der Waals surface area contributed by atoms with Crippen LogP contribution in [0.15, 0.2) is 36.7 Å². The maximum Gasteiger partial charge on any atom is 0.254 e. The maximum atomic E-state index is 14.2. The van der Waals surface area contributed by atoms with Gasteiger partial charge < -0.3 is 26.6 Å². The van der Waals surface area contributed by atoms with Crippen molar-refractivity contribution in [2.24, 2.45) is 0 Å². The number of halogens is 2. The molecule has 184 valence electrons. The first-order chi connectivity index (χ1) is 16.9. The SMILES string of the molecule is CNCCNC(=O)c1ccc(Nc2ncc(CNc3cc(C(=O)NC4CC4)c(F)cc3F)s2)nc1. The molecule has 12 heteroatoms. The molecule has 1 aliphatic rings. The number of hydrogen-bond donors (Lipinski definition) is 5. The van der Waals surface area contributed by atoms with Gasteiger partial charge in [0.05, 0.1) is 23.4 Å². The monoisotopic (exact) mass is 501 g/mol. The first-order valence-electron chi connectivity index (χ1n) is 11.1. The summed E-state index contributed by atoms with van der Waals surface area (Å²) < 4.78 is 28.3. The Balaban J connectivity index is 1.33. The molecule has 1 fully saturated rings. The van der Waals surface area contributed by atoms with Crippen LogP contribution in [0.2, 0.25) is 0 Å². The van der Waals surface area contributed by atoms with Crippen molar-refractivity contribution in [1.82, 2.24) is 25.9 Å². The van der Waals surface area contributed by atoms with Crippen molar-refractivity contribution in [3.63, 3.8) is 0 Å². The van der Waals surface area contributed by atoms with Gasteiger partial charge >= 0.3 is 0 Å². The van der Waals surface area contributed by atoms with E-state index in [4.69, 9.17) is 0 Å². The van der Waals surface area contributed by atoms with Crippen LogP contribution < -0.4 is 26.6 Å². The summed E-state index contributed by atoms with van der Waals surface area (Å²) in [7, 11) is 1.81. The van der Waals surface area contributed by atoms with E-state index in [-0.39, 0.29) is 29.7 Å². The second-order valence-electron chi connectivity index (χ2n) is 7.96. The van der Waals surface area contributed by atoms with Gasteiger partial charge in [0.15, 0.2) is 5.13 Å². The number of amides is 2. The Morgan fingerprint density at radius 1 is 1.06 bits per heavy atom. The average Bonchev–Trinajstić information content (AvgIpc) is 3.54. The summed E-state index contributed by atoms with van der Waals surface area (Å²) in [4.78, 5) is 33.5. The third-order valence-electron chi connectivity index (χ3n) is 5.14. The molecule has 0 spiro atoms. The number of pyridine rings is 1. The number of thiazole rings is 1. The lowest BCUT2D eigenvalue weighted by atomic mass is 10.1. The molecule has 1 saturated carbocycles. The molecule has 3 aromatic rings. The number of hydrogen-bond acceptors (Lipinski definition) is 8. The number of benzene rings is 1. The van der Waals surface area contributed by atoms with Crippen LogP contribution >= 0.6 is 11.3 Å². The van der Waals surface area contributed by atoms with Gasteiger partial charge in [-0.25, -0.2) is 18.7 Å². The number of carbonyl (C=O) groups excluding carboxylic acids is 2. The zero-order valence-electron chi connectivity index (χ0n) is 19.0. The molecule has 0 unspecified atom stereocenters. The zero-order chi connectivity index (χ0) is 24.8. The molecule has 2 amide bonds. The number of nitrogens with zero attached hydrogens (tertiary/aromatic N) is 2. The van der Waals surface area contributed by atoms with E-state index in [9.17, 15) is 18.4 Å². The van der Waals surface area contributed by atoms with Crippen molar-refractivity contribution in [1.29, 1.82) is 0 Å². The van der Waals surface area contributed by atoms with Gasteiger partial charge in [0.2, 0.25) is 0 Å². The number of likely N-dealkylation sites (N-methyl/N-ethyl adjacent to an activating group) is 1. The van der Waals surface area contributed by atoms with Crippen molar-refractivity contribution in [3.8, 4) is 0 Å². The minimum absolute atomic E-state index is 0.0282. The molecule has 35 heavy (non-hydrogen) atoms. The largest absolute Gasteiger partial charge is 0.378 e. The molecule has 1 aromatic carbocycles. The van der Waals surface area contributed by atoms with E-state index >= 15 is 0 Å². The Kier molecular flexibility index (Phi) is 7.83. The Bertz CT molecular complexity index is 1200.